The zero-order chi connectivity index (χ0) is 41.9. The molecule has 14 aromatic rings. The van der Waals surface area contributed by atoms with Gasteiger partial charge in [0.25, 0.3) is 0 Å². The van der Waals surface area contributed by atoms with Crippen LogP contribution in [0.1, 0.15) is 0 Å². The molecule has 0 amide bonds. The van der Waals surface area contributed by atoms with E-state index in [2.05, 4.69) is 218 Å². The second-order valence-corrected chi connectivity index (χ2v) is 19.3. The van der Waals surface area contributed by atoms with Crippen LogP contribution in [0.15, 0.2) is 223 Å². The summed E-state index contributed by atoms with van der Waals surface area (Å²) in [6, 6.07) is 80.9. The molecule has 0 aliphatic rings. The number of benzene rings is 12. The van der Waals surface area contributed by atoms with Gasteiger partial charge in [-0.2, -0.15) is 0 Å². The molecule has 12 aromatic carbocycles. The molecule has 2 heteroatoms. The Balaban J connectivity index is 0.977. The first-order chi connectivity index (χ1) is 31.7. The third-order valence-electron chi connectivity index (χ3n) is 13.6. The average Bonchev–Trinajstić information content (AvgIpc) is 3.91. The van der Waals surface area contributed by atoms with Crippen molar-refractivity contribution in [2.75, 3.05) is 0 Å². The van der Waals surface area contributed by atoms with Crippen LogP contribution in [0.3, 0.4) is 0 Å². The first kappa shape index (κ1) is 35.8. The van der Waals surface area contributed by atoms with E-state index < -0.39 is 0 Å². The molecule has 0 fully saturated rings. The van der Waals surface area contributed by atoms with Crippen LogP contribution in [0.25, 0.3) is 140 Å². The molecule has 0 radical (unpaired) electrons. The molecular weight excluding hydrogens is 840 g/mol. The molecule has 0 N–H and O–H groups in total. The number of hydrogen-bond donors (Lipinski definition) is 0. The number of rotatable bonds is 4. The van der Waals surface area contributed by atoms with Crippen molar-refractivity contribution in [2.24, 2.45) is 0 Å². The van der Waals surface area contributed by atoms with E-state index in [0.717, 1.165) is 21.9 Å². The van der Waals surface area contributed by atoms with Crippen LogP contribution in [-0.4, -0.2) is 14.5 Å². The van der Waals surface area contributed by atoms with Gasteiger partial charge >= 0.3 is 336 Å². The first-order valence-electron chi connectivity index (χ1n) is 22.0. The molecule has 0 atom stereocenters. The van der Waals surface area contributed by atoms with Gasteiger partial charge in [0.1, 0.15) is 0 Å². The van der Waals surface area contributed by atoms with Gasteiger partial charge in [-0.3, -0.25) is 0 Å². The fourth-order valence-corrected chi connectivity index (χ4v) is 13.5. The molecule has 0 saturated heterocycles. The fourth-order valence-electron chi connectivity index (χ4n) is 10.9. The Labute approximate surface area is 374 Å². The van der Waals surface area contributed by atoms with Crippen LogP contribution in [0.5, 0.6) is 0 Å². The minimum absolute atomic E-state index is 0.0945. The molecule has 0 spiro atoms. The quantitative estimate of drug-likeness (QED) is 0.127. The predicted octanol–water partition coefficient (Wildman–Crippen LogP) is 17.4. The predicted molar refractivity (Wildman–Crippen MR) is 275 cm³/mol. The second-order valence-electron chi connectivity index (χ2n) is 17.1. The van der Waals surface area contributed by atoms with Crippen LogP contribution < -0.4 is 0 Å². The molecule has 0 bridgehead atoms. The van der Waals surface area contributed by atoms with Gasteiger partial charge in [0.05, 0.1) is 0 Å². The SMILES string of the molecule is c1ccc(-c2c3ccccc3c(-c3cccc4c3[se]c3cc(-c5c6ccccc6c(-c6ccc7oc8cc9ccccc9cc8c7c6)c6ccccc56)ccc34)c3ccccc23)cc1. The molecular formula is C62H36OSe. The van der Waals surface area contributed by atoms with E-state index in [-0.39, 0.29) is 14.5 Å². The van der Waals surface area contributed by atoms with Crippen molar-refractivity contribution >= 4 is 110 Å². The zero-order valence-corrected chi connectivity index (χ0v) is 36.3. The second kappa shape index (κ2) is 13.9. The van der Waals surface area contributed by atoms with Gasteiger partial charge in [0.15, 0.2) is 0 Å². The summed E-state index contributed by atoms with van der Waals surface area (Å²) >= 11 is 0.0945. The van der Waals surface area contributed by atoms with Crippen LogP contribution in [0.2, 0.25) is 0 Å². The van der Waals surface area contributed by atoms with Crippen molar-refractivity contribution in [2.45, 2.75) is 0 Å². The van der Waals surface area contributed by atoms with E-state index in [1.165, 1.54) is 118 Å². The van der Waals surface area contributed by atoms with Gasteiger partial charge in [0, 0.05) is 0 Å². The molecule has 2 aromatic heterocycles. The van der Waals surface area contributed by atoms with Gasteiger partial charge < -0.3 is 0 Å². The molecule has 14 rings (SSSR count). The van der Waals surface area contributed by atoms with Crippen molar-refractivity contribution in [1.82, 2.24) is 0 Å². The van der Waals surface area contributed by atoms with Gasteiger partial charge in [-0.15, -0.1) is 0 Å². The standard InChI is InChI=1S/C62H36OSe/c1-2-15-37(16-3-1)58-47-23-10-12-25-49(47)61(50-26-13-11-24-48(50)58)52-28-14-27-51-42-31-29-41(36-57(42)64-62(51)52)60-45-21-8-6-19-43(45)59(44-20-7-9-22-46(44)60)40-30-32-55-53(34-40)54-33-38-17-4-5-18-39(38)35-56(54)63-55/h1-36H. The summed E-state index contributed by atoms with van der Waals surface area (Å²) < 4.78 is 9.35. The van der Waals surface area contributed by atoms with E-state index in [0.29, 0.717) is 0 Å². The van der Waals surface area contributed by atoms with E-state index >= 15 is 0 Å². The Hall–Kier alpha value is -7.74. The summed E-state index contributed by atoms with van der Waals surface area (Å²) in [6.07, 6.45) is 0. The van der Waals surface area contributed by atoms with Gasteiger partial charge in [-0.25, -0.2) is 0 Å². The summed E-state index contributed by atoms with van der Waals surface area (Å²) in [4.78, 5) is 0. The average molecular weight is 876 g/mol. The zero-order valence-electron chi connectivity index (χ0n) is 34.6. The summed E-state index contributed by atoms with van der Waals surface area (Å²) in [5.41, 5.74) is 12.1. The third-order valence-corrected chi connectivity index (χ3v) is 16.1. The van der Waals surface area contributed by atoms with E-state index in [1.54, 1.807) is 0 Å². The van der Waals surface area contributed by atoms with Gasteiger partial charge in [-0.05, 0) is 16.8 Å². The van der Waals surface area contributed by atoms with Gasteiger partial charge in [0.2, 0.25) is 0 Å². The molecule has 296 valence electrons. The minimum atomic E-state index is 0.0945. The summed E-state index contributed by atoms with van der Waals surface area (Å²) in [6.45, 7) is 0. The molecule has 2 heterocycles. The van der Waals surface area contributed by atoms with Gasteiger partial charge in [-0.1, -0.05) is 24.3 Å². The molecule has 64 heavy (non-hydrogen) atoms. The Morgan fingerprint density at radius 2 is 0.734 bits per heavy atom. The molecule has 1 nitrogen and oxygen atoms in total. The number of furan rings is 1. The van der Waals surface area contributed by atoms with Crippen molar-refractivity contribution in [3.8, 4) is 44.5 Å². The van der Waals surface area contributed by atoms with E-state index in [9.17, 15) is 0 Å². The number of fused-ring (bicyclic) bond motifs is 11. The van der Waals surface area contributed by atoms with E-state index in [1.807, 2.05) is 0 Å². The molecule has 0 unspecified atom stereocenters. The third kappa shape index (κ3) is 5.25. The van der Waals surface area contributed by atoms with Crippen LogP contribution in [-0.2, 0) is 0 Å². The van der Waals surface area contributed by atoms with Crippen molar-refractivity contribution in [3.05, 3.63) is 218 Å². The van der Waals surface area contributed by atoms with Crippen molar-refractivity contribution < 1.29 is 4.42 Å². The van der Waals surface area contributed by atoms with Crippen LogP contribution >= 0.6 is 0 Å². The van der Waals surface area contributed by atoms with E-state index in [4.69, 9.17) is 4.42 Å². The summed E-state index contributed by atoms with van der Waals surface area (Å²) in [5.74, 6) is 0. The summed E-state index contributed by atoms with van der Waals surface area (Å²) in [5, 5.41) is 17.6. The maximum absolute atomic E-state index is 6.46. The summed E-state index contributed by atoms with van der Waals surface area (Å²) in [7, 11) is 0. The first-order valence-corrected chi connectivity index (χ1v) is 23.7. The van der Waals surface area contributed by atoms with Crippen LogP contribution in [0, 0.1) is 0 Å². The number of hydrogen-bond acceptors (Lipinski definition) is 1. The Morgan fingerprint density at radius 3 is 1.34 bits per heavy atom. The normalized spacial score (nSPS) is 12.1. The Kier molecular flexibility index (Phi) is 7.77. The molecule has 0 aliphatic heterocycles. The van der Waals surface area contributed by atoms with Crippen LogP contribution in [0.4, 0.5) is 0 Å². The monoisotopic (exact) mass is 876 g/mol. The molecule has 0 saturated carbocycles. The van der Waals surface area contributed by atoms with Crippen molar-refractivity contribution in [1.29, 1.82) is 0 Å². The Bertz CT molecular complexity index is 4130. The fraction of sp³-hybridized carbons (Fsp3) is 0. The Morgan fingerprint density at radius 1 is 0.266 bits per heavy atom. The van der Waals surface area contributed by atoms with Crippen molar-refractivity contribution in [3.63, 3.8) is 0 Å². The molecule has 0 aliphatic carbocycles. The topological polar surface area (TPSA) is 13.1 Å². The maximum atomic E-state index is 6.46.